The highest BCUT2D eigenvalue weighted by Crippen LogP contribution is 2.32. The maximum Gasteiger partial charge on any atom is 0.325 e. The van der Waals surface area contributed by atoms with Gasteiger partial charge in [0.05, 0.1) is 6.54 Å². The molecule has 0 aliphatic carbocycles. The van der Waals surface area contributed by atoms with Crippen LogP contribution < -0.4 is 10.1 Å². The maximum atomic E-state index is 13.1. The summed E-state index contributed by atoms with van der Waals surface area (Å²) in [7, 11) is 0. The van der Waals surface area contributed by atoms with Gasteiger partial charge in [0.15, 0.2) is 0 Å². The topological polar surface area (TPSA) is 58.6 Å². The first kappa shape index (κ1) is 20.2. The summed E-state index contributed by atoms with van der Waals surface area (Å²) in [4.78, 5) is 26.7. The molecule has 1 aliphatic heterocycles. The number of halogens is 2. The molecule has 1 atom stereocenters. The van der Waals surface area contributed by atoms with Crippen LogP contribution in [0.3, 0.4) is 0 Å². The molecule has 2 aromatic rings. The zero-order valence-electron chi connectivity index (χ0n) is 15.6. The smallest absolute Gasteiger partial charge is 0.325 e. The first-order valence-corrected chi connectivity index (χ1v) is 9.42. The predicted octanol–water partition coefficient (Wildman–Crippen LogP) is 4.92. The van der Waals surface area contributed by atoms with Crippen molar-refractivity contribution in [1.29, 1.82) is 0 Å². The summed E-state index contributed by atoms with van der Waals surface area (Å²) in [6.45, 7) is 7.84. The van der Waals surface area contributed by atoms with Crippen LogP contribution in [0.4, 0.5) is 4.79 Å². The minimum absolute atomic E-state index is 0.0655. The fourth-order valence-corrected chi connectivity index (χ4v) is 3.42. The van der Waals surface area contributed by atoms with Gasteiger partial charge in [0.25, 0.3) is 5.91 Å². The highest BCUT2D eigenvalue weighted by Gasteiger charge is 2.49. The Morgan fingerprint density at radius 2 is 1.86 bits per heavy atom. The highest BCUT2D eigenvalue weighted by atomic mass is 35.5. The molecule has 3 rings (SSSR count). The maximum absolute atomic E-state index is 13.1. The second kappa shape index (κ2) is 7.86. The summed E-state index contributed by atoms with van der Waals surface area (Å²) in [5, 5.41) is 3.67. The Morgan fingerprint density at radius 1 is 1.18 bits per heavy atom. The molecule has 1 fully saturated rings. The second-order valence-corrected chi connectivity index (χ2v) is 7.80. The third-order valence-electron chi connectivity index (χ3n) is 4.54. The van der Waals surface area contributed by atoms with Gasteiger partial charge in [-0.15, -0.1) is 0 Å². The lowest BCUT2D eigenvalue weighted by Gasteiger charge is -2.22. The molecule has 0 spiro atoms. The number of urea groups is 1. The number of rotatable bonds is 6. The molecule has 1 N–H and O–H groups in total. The van der Waals surface area contributed by atoms with Gasteiger partial charge in [-0.25, -0.2) is 4.79 Å². The molecule has 5 nitrogen and oxygen atoms in total. The number of carbonyl (C=O) groups excluding carboxylic acids is 2. The van der Waals surface area contributed by atoms with E-state index in [2.05, 4.69) is 11.9 Å². The van der Waals surface area contributed by atoms with Gasteiger partial charge in [-0.3, -0.25) is 9.69 Å². The molecule has 1 saturated heterocycles. The van der Waals surface area contributed by atoms with Gasteiger partial charge in [-0.05, 0) is 54.8 Å². The van der Waals surface area contributed by atoms with Crippen LogP contribution in [0.25, 0.3) is 0 Å². The van der Waals surface area contributed by atoms with E-state index in [4.69, 9.17) is 27.9 Å². The molecule has 0 radical (unpaired) electrons. The first-order valence-electron chi connectivity index (χ1n) is 8.66. The SMILES string of the molecule is C=C(C)COc1ccc(C2(C)NC(=O)N(Cc3ccc(Cl)cc3Cl)C2=O)cc1. The van der Waals surface area contributed by atoms with Gasteiger partial charge >= 0.3 is 6.03 Å². The van der Waals surface area contributed by atoms with Crippen molar-refractivity contribution in [2.24, 2.45) is 0 Å². The van der Waals surface area contributed by atoms with E-state index in [1.165, 1.54) is 0 Å². The normalized spacial score (nSPS) is 18.9. The molecular formula is C21H20Cl2N2O3. The Labute approximate surface area is 173 Å². The quantitative estimate of drug-likeness (QED) is 0.535. The lowest BCUT2D eigenvalue weighted by molar-refractivity contribution is -0.131. The van der Waals surface area contributed by atoms with Crippen LogP contribution in [0.2, 0.25) is 10.0 Å². The monoisotopic (exact) mass is 418 g/mol. The minimum atomic E-state index is -1.16. The molecule has 1 heterocycles. The van der Waals surface area contributed by atoms with E-state index in [-0.39, 0.29) is 12.5 Å². The third-order valence-corrected chi connectivity index (χ3v) is 5.12. The fraction of sp³-hybridized carbons (Fsp3) is 0.238. The lowest BCUT2D eigenvalue weighted by Crippen LogP contribution is -2.40. The third kappa shape index (κ3) is 4.01. The van der Waals surface area contributed by atoms with Crippen LogP contribution >= 0.6 is 23.2 Å². The molecule has 1 aliphatic rings. The number of imide groups is 1. The minimum Gasteiger partial charge on any atom is -0.489 e. The summed E-state index contributed by atoms with van der Waals surface area (Å²) in [5.41, 5.74) is 1.05. The molecule has 7 heteroatoms. The Balaban J connectivity index is 1.80. The van der Waals surface area contributed by atoms with Crippen molar-refractivity contribution in [3.05, 3.63) is 75.8 Å². The molecule has 0 bridgehead atoms. The van der Waals surface area contributed by atoms with Gasteiger partial charge < -0.3 is 10.1 Å². The summed E-state index contributed by atoms with van der Waals surface area (Å²) in [5.74, 6) is 0.316. The Bertz CT molecular complexity index is 943. The lowest BCUT2D eigenvalue weighted by atomic mass is 9.92. The van der Waals surface area contributed by atoms with Gasteiger partial charge in [0.2, 0.25) is 0 Å². The van der Waals surface area contributed by atoms with Gasteiger partial charge in [0, 0.05) is 10.0 Å². The highest BCUT2D eigenvalue weighted by molar-refractivity contribution is 6.35. The van der Waals surface area contributed by atoms with Crippen LogP contribution in [-0.4, -0.2) is 23.4 Å². The number of carbonyl (C=O) groups is 2. The largest absolute Gasteiger partial charge is 0.489 e. The molecule has 1 unspecified atom stereocenters. The van der Waals surface area contributed by atoms with Crippen molar-refractivity contribution in [2.75, 3.05) is 6.61 Å². The van der Waals surface area contributed by atoms with E-state index in [1.54, 1.807) is 49.4 Å². The number of amides is 3. The molecule has 0 aromatic heterocycles. The average Bonchev–Trinajstić information content (AvgIpc) is 2.86. The van der Waals surface area contributed by atoms with E-state index in [9.17, 15) is 9.59 Å². The molecule has 146 valence electrons. The Hall–Kier alpha value is -2.50. The van der Waals surface area contributed by atoms with Crippen LogP contribution in [0.5, 0.6) is 5.75 Å². The number of hydrogen-bond donors (Lipinski definition) is 1. The Morgan fingerprint density at radius 3 is 2.46 bits per heavy atom. The van der Waals surface area contributed by atoms with E-state index in [1.807, 2.05) is 6.92 Å². The fourth-order valence-electron chi connectivity index (χ4n) is 2.95. The average molecular weight is 419 g/mol. The summed E-state index contributed by atoms with van der Waals surface area (Å²) >= 11 is 12.1. The van der Waals surface area contributed by atoms with Crippen LogP contribution in [0.15, 0.2) is 54.6 Å². The van der Waals surface area contributed by atoms with E-state index < -0.39 is 11.6 Å². The number of nitrogens with zero attached hydrogens (tertiary/aromatic N) is 1. The molecule has 2 aromatic carbocycles. The van der Waals surface area contributed by atoms with Crippen molar-refractivity contribution < 1.29 is 14.3 Å². The van der Waals surface area contributed by atoms with Crippen molar-refractivity contribution in [3.8, 4) is 5.75 Å². The van der Waals surface area contributed by atoms with E-state index >= 15 is 0 Å². The summed E-state index contributed by atoms with van der Waals surface area (Å²) in [6.07, 6.45) is 0. The zero-order chi connectivity index (χ0) is 20.5. The summed E-state index contributed by atoms with van der Waals surface area (Å²) in [6, 6.07) is 11.6. The van der Waals surface area contributed by atoms with E-state index in [0.717, 1.165) is 10.5 Å². The number of ether oxygens (including phenoxy) is 1. The van der Waals surface area contributed by atoms with Crippen LogP contribution in [0.1, 0.15) is 25.0 Å². The number of nitrogens with one attached hydrogen (secondary N) is 1. The number of hydrogen-bond acceptors (Lipinski definition) is 3. The van der Waals surface area contributed by atoms with Crippen molar-refractivity contribution in [1.82, 2.24) is 10.2 Å². The first-order chi connectivity index (χ1) is 13.2. The van der Waals surface area contributed by atoms with E-state index in [0.29, 0.717) is 33.5 Å². The van der Waals surface area contributed by atoms with Gasteiger partial charge in [0.1, 0.15) is 17.9 Å². The molecule has 28 heavy (non-hydrogen) atoms. The van der Waals surface area contributed by atoms with Gasteiger partial charge in [-0.1, -0.05) is 48.0 Å². The Kier molecular flexibility index (Phi) is 5.68. The van der Waals surface area contributed by atoms with Crippen molar-refractivity contribution in [3.63, 3.8) is 0 Å². The van der Waals surface area contributed by atoms with Crippen LogP contribution in [0, 0.1) is 0 Å². The molecule has 3 amide bonds. The molecular weight excluding hydrogens is 399 g/mol. The van der Waals surface area contributed by atoms with Crippen molar-refractivity contribution >= 4 is 35.1 Å². The zero-order valence-corrected chi connectivity index (χ0v) is 17.1. The summed E-state index contributed by atoms with van der Waals surface area (Å²) < 4.78 is 5.58. The second-order valence-electron chi connectivity index (χ2n) is 6.95. The predicted molar refractivity (Wildman–Crippen MR) is 110 cm³/mol. The standard InChI is InChI=1S/C21H20Cl2N2O3/c1-13(2)12-28-17-8-5-15(6-9-17)21(3)19(26)25(20(27)24-21)11-14-4-7-16(22)10-18(14)23/h4-10H,1,11-12H2,2-3H3,(H,24,27). The van der Waals surface area contributed by atoms with Gasteiger partial charge in [-0.2, -0.15) is 0 Å². The van der Waals surface area contributed by atoms with Crippen LogP contribution in [-0.2, 0) is 16.9 Å². The number of benzene rings is 2. The molecule has 0 saturated carbocycles. The van der Waals surface area contributed by atoms with Crippen molar-refractivity contribution in [2.45, 2.75) is 25.9 Å².